The van der Waals surface area contributed by atoms with Gasteiger partial charge in [0.25, 0.3) is 0 Å². The molecule has 2 N–H and O–H groups in total. The Labute approximate surface area is 248 Å². The topological polar surface area (TPSA) is 102 Å². The molecule has 4 rings (SSSR count). The number of fused-ring (bicyclic) bond motifs is 5. The lowest BCUT2D eigenvalue weighted by atomic mass is 9.43. The van der Waals surface area contributed by atoms with Crippen LogP contribution < -0.4 is 0 Å². The van der Waals surface area contributed by atoms with Crippen molar-refractivity contribution in [3.05, 3.63) is 0 Å². The molecule has 0 aromatic carbocycles. The van der Waals surface area contributed by atoms with Crippen LogP contribution in [-0.4, -0.2) is 53.4 Å². The maximum Gasteiger partial charge on any atom is 0.311 e. The molecule has 4 fully saturated rings. The molecule has 4 aliphatic carbocycles. The molecule has 0 aromatic heterocycles. The Morgan fingerprint density at radius 2 is 1.71 bits per heavy atom. The highest BCUT2D eigenvalue weighted by atomic mass is 16.7. The van der Waals surface area contributed by atoms with Crippen LogP contribution in [0.25, 0.3) is 0 Å². The molecule has 0 heterocycles. The van der Waals surface area contributed by atoms with Gasteiger partial charge < -0.3 is 24.4 Å². The van der Waals surface area contributed by atoms with E-state index in [0.29, 0.717) is 25.4 Å². The smallest absolute Gasteiger partial charge is 0.311 e. The van der Waals surface area contributed by atoms with Gasteiger partial charge in [0.15, 0.2) is 6.29 Å². The van der Waals surface area contributed by atoms with E-state index in [0.717, 1.165) is 51.4 Å². The predicted octanol–water partition coefficient (Wildman–Crippen LogP) is 6.28. The van der Waals surface area contributed by atoms with Crippen LogP contribution in [0.1, 0.15) is 120 Å². The molecule has 12 atom stereocenters. The summed E-state index contributed by atoms with van der Waals surface area (Å²) in [6, 6.07) is 0. The third-order valence-electron chi connectivity index (χ3n) is 12.7. The molecule has 4 aliphatic rings. The molecule has 41 heavy (non-hydrogen) atoms. The summed E-state index contributed by atoms with van der Waals surface area (Å²) < 4.78 is 16.7. The van der Waals surface area contributed by atoms with Gasteiger partial charge >= 0.3 is 11.9 Å². The lowest BCUT2D eigenvalue weighted by molar-refractivity contribution is -0.210. The predicted molar refractivity (Wildman–Crippen MR) is 158 cm³/mol. The van der Waals surface area contributed by atoms with Gasteiger partial charge in [0.2, 0.25) is 0 Å². The van der Waals surface area contributed by atoms with Crippen molar-refractivity contribution in [3.63, 3.8) is 0 Å². The minimum Gasteiger partial charge on any atom is -0.462 e. The fourth-order valence-corrected chi connectivity index (χ4v) is 9.74. The Morgan fingerprint density at radius 1 is 1.00 bits per heavy atom. The van der Waals surface area contributed by atoms with Crippen molar-refractivity contribution < 1.29 is 34.0 Å². The lowest BCUT2D eigenvalue weighted by Crippen LogP contribution is -2.62. The van der Waals surface area contributed by atoms with Crippen molar-refractivity contribution in [2.75, 3.05) is 6.61 Å². The molecule has 0 amide bonds. The van der Waals surface area contributed by atoms with E-state index in [1.165, 1.54) is 0 Å². The molecule has 0 saturated heterocycles. The first-order chi connectivity index (χ1) is 19.2. The summed E-state index contributed by atoms with van der Waals surface area (Å²) in [5, 5.41) is 23.6. The molecule has 4 saturated carbocycles. The first-order valence-electron chi connectivity index (χ1n) is 16.6. The van der Waals surface area contributed by atoms with Crippen molar-refractivity contribution in [2.24, 2.45) is 51.8 Å². The third-order valence-corrected chi connectivity index (χ3v) is 12.7. The summed E-state index contributed by atoms with van der Waals surface area (Å²) in [5.74, 6) is 1.21. The molecule has 7 heteroatoms. The highest BCUT2D eigenvalue weighted by molar-refractivity contribution is 5.76. The number of hydrogen-bond donors (Lipinski definition) is 2. The monoisotopic (exact) mass is 578 g/mol. The highest BCUT2D eigenvalue weighted by Gasteiger charge is 2.65. The molecule has 12 unspecified atom stereocenters. The van der Waals surface area contributed by atoms with Crippen LogP contribution >= 0.6 is 0 Å². The van der Waals surface area contributed by atoms with Gasteiger partial charge in [0, 0.05) is 13.0 Å². The minimum absolute atomic E-state index is 0.0279. The highest BCUT2D eigenvalue weighted by Crippen LogP contribution is 2.68. The normalized spacial score (nSPS) is 41.9. The maximum absolute atomic E-state index is 12.8. The molecule has 0 aliphatic heterocycles. The average molecular weight is 579 g/mol. The van der Waals surface area contributed by atoms with Gasteiger partial charge in [-0.3, -0.25) is 9.59 Å². The molecule has 0 radical (unpaired) electrons. The van der Waals surface area contributed by atoms with Crippen molar-refractivity contribution in [3.8, 4) is 0 Å². The fraction of sp³-hybridized carbons (Fsp3) is 0.941. The largest absolute Gasteiger partial charge is 0.462 e. The molecule has 0 bridgehead atoms. The first kappa shape index (κ1) is 32.7. The Hall–Kier alpha value is -1.18. The van der Waals surface area contributed by atoms with E-state index >= 15 is 0 Å². The summed E-state index contributed by atoms with van der Waals surface area (Å²) in [6.07, 6.45) is 6.48. The molecule has 0 aromatic rings. The van der Waals surface area contributed by atoms with E-state index in [2.05, 4.69) is 20.8 Å². The lowest BCUT2D eigenvalue weighted by Gasteiger charge is -2.63. The van der Waals surface area contributed by atoms with E-state index < -0.39 is 23.9 Å². The second kappa shape index (κ2) is 12.4. The van der Waals surface area contributed by atoms with Crippen LogP contribution in [0.4, 0.5) is 0 Å². The number of aliphatic hydroxyl groups is 2. The number of ether oxygens (including phenoxy) is 3. The van der Waals surface area contributed by atoms with Gasteiger partial charge in [-0.15, -0.1) is 0 Å². The van der Waals surface area contributed by atoms with E-state index in [-0.39, 0.29) is 58.5 Å². The molecule has 0 spiro atoms. The molecular formula is C34H58O7. The number of hydrogen-bond acceptors (Lipinski definition) is 7. The van der Waals surface area contributed by atoms with Crippen LogP contribution in [0, 0.1) is 51.8 Å². The second-order valence-electron chi connectivity index (χ2n) is 15.2. The summed E-state index contributed by atoms with van der Waals surface area (Å²) >= 11 is 0. The first-order valence-corrected chi connectivity index (χ1v) is 16.6. The third kappa shape index (κ3) is 6.11. The minimum atomic E-state index is -0.531. The van der Waals surface area contributed by atoms with Gasteiger partial charge in [0.05, 0.1) is 17.6 Å². The number of esters is 2. The van der Waals surface area contributed by atoms with Gasteiger partial charge in [-0.05, 0) is 132 Å². The van der Waals surface area contributed by atoms with Gasteiger partial charge in [-0.2, -0.15) is 0 Å². The Bertz CT molecular complexity index is 934. The quantitative estimate of drug-likeness (QED) is 0.232. The molecule has 236 valence electrons. The standard InChI is InChI=1S/C34H58O7/c1-9-32(5,6)31(38)41-23-15-16-33(7)22(17-23)18-27(35)30-25-13-12-24(34(25,8)28(36)19-26(30)33)20(3)11-14-29(37)40-21(4)39-10-2/h20-28,30,35-36H,9-19H2,1-8H3. The summed E-state index contributed by atoms with van der Waals surface area (Å²) in [6.45, 7) is 16.9. The van der Waals surface area contributed by atoms with Crippen LogP contribution in [0.5, 0.6) is 0 Å². The van der Waals surface area contributed by atoms with E-state index in [1.807, 2.05) is 27.7 Å². The van der Waals surface area contributed by atoms with Crippen molar-refractivity contribution in [1.29, 1.82) is 0 Å². The van der Waals surface area contributed by atoms with Crippen LogP contribution in [0.3, 0.4) is 0 Å². The Kier molecular flexibility index (Phi) is 9.93. The van der Waals surface area contributed by atoms with Crippen LogP contribution in [0.15, 0.2) is 0 Å². The number of rotatable bonds is 10. The molecular weight excluding hydrogens is 520 g/mol. The summed E-state index contributed by atoms with van der Waals surface area (Å²) in [4.78, 5) is 25.2. The number of aliphatic hydroxyl groups excluding tert-OH is 2. The Balaban J connectivity index is 1.44. The maximum atomic E-state index is 12.8. The number of carbonyl (C=O) groups excluding carboxylic acids is 2. The van der Waals surface area contributed by atoms with Gasteiger partial charge in [-0.1, -0.05) is 27.7 Å². The summed E-state index contributed by atoms with van der Waals surface area (Å²) in [5.41, 5.74) is -0.722. The van der Waals surface area contributed by atoms with Gasteiger partial charge in [-0.25, -0.2) is 0 Å². The van der Waals surface area contributed by atoms with Crippen molar-refractivity contribution in [1.82, 2.24) is 0 Å². The number of carbonyl (C=O) groups is 2. The van der Waals surface area contributed by atoms with E-state index in [1.54, 1.807) is 6.92 Å². The zero-order chi connectivity index (χ0) is 30.3. The van der Waals surface area contributed by atoms with E-state index in [9.17, 15) is 19.8 Å². The second-order valence-corrected chi connectivity index (χ2v) is 15.2. The fourth-order valence-electron chi connectivity index (χ4n) is 9.74. The van der Waals surface area contributed by atoms with Crippen LogP contribution in [0.2, 0.25) is 0 Å². The Morgan fingerprint density at radius 3 is 2.37 bits per heavy atom. The van der Waals surface area contributed by atoms with Crippen molar-refractivity contribution >= 4 is 11.9 Å². The van der Waals surface area contributed by atoms with Crippen LogP contribution in [-0.2, 0) is 23.8 Å². The zero-order valence-electron chi connectivity index (χ0n) is 27.0. The van der Waals surface area contributed by atoms with Gasteiger partial charge in [0.1, 0.15) is 6.10 Å². The summed E-state index contributed by atoms with van der Waals surface area (Å²) in [7, 11) is 0. The van der Waals surface area contributed by atoms with Crippen molar-refractivity contribution in [2.45, 2.75) is 144 Å². The average Bonchev–Trinajstić information content (AvgIpc) is 3.27. The van der Waals surface area contributed by atoms with E-state index in [4.69, 9.17) is 14.2 Å². The zero-order valence-corrected chi connectivity index (χ0v) is 27.0. The SMILES string of the molecule is CCOC(C)OC(=O)CCC(C)C1CCC2C3C(O)CC4CC(OC(=O)C(C)(C)CC)CCC4(C)C3CC(O)C12C. The molecule has 7 nitrogen and oxygen atoms in total.